The maximum atomic E-state index is 12.2. The summed E-state index contributed by atoms with van der Waals surface area (Å²) in [5.41, 5.74) is 0.191. The largest absolute Gasteiger partial charge is 0.396 e. The van der Waals surface area contributed by atoms with Crippen molar-refractivity contribution in [3.63, 3.8) is 0 Å². The average molecular weight is 290 g/mol. The molecule has 0 unspecified atom stereocenters. The zero-order valence-corrected chi connectivity index (χ0v) is 12.7. The maximum absolute atomic E-state index is 12.2. The predicted octanol–water partition coefficient (Wildman–Crippen LogP) is 0.961. The molecular formula is C13H26N2O3S. The van der Waals surface area contributed by atoms with Crippen molar-refractivity contribution >= 4 is 10.2 Å². The van der Waals surface area contributed by atoms with Gasteiger partial charge in [0.1, 0.15) is 0 Å². The Morgan fingerprint density at radius 1 is 1.32 bits per heavy atom. The fourth-order valence-electron chi connectivity index (χ4n) is 2.78. The molecule has 0 aromatic carbocycles. The van der Waals surface area contributed by atoms with E-state index in [0.717, 1.165) is 25.7 Å². The highest BCUT2D eigenvalue weighted by atomic mass is 32.2. The Kier molecular flexibility index (Phi) is 4.55. The van der Waals surface area contributed by atoms with Crippen molar-refractivity contribution in [3.8, 4) is 0 Å². The van der Waals surface area contributed by atoms with E-state index in [2.05, 4.69) is 18.6 Å². The van der Waals surface area contributed by atoms with E-state index in [1.165, 1.54) is 4.31 Å². The highest BCUT2D eigenvalue weighted by Crippen LogP contribution is 2.51. The molecule has 0 aromatic rings. The Labute approximate surface area is 116 Å². The average Bonchev–Trinajstić information content (AvgIpc) is 3.18. The second-order valence-electron chi connectivity index (χ2n) is 6.37. The first-order chi connectivity index (χ1) is 8.89. The third-order valence-electron chi connectivity index (χ3n) is 4.90. The van der Waals surface area contributed by atoms with Crippen LogP contribution < -0.4 is 4.72 Å². The van der Waals surface area contributed by atoms with Gasteiger partial charge in [0, 0.05) is 26.2 Å². The quantitative estimate of drug-likeness (QED) is 0.765. The molecule has 0 radical (unpaired) electrons. The second kappa shape index (κ2) is 5.68. The molecule has 1 aliphatic carbocycles. The van der Waals surface area contributed by atoms with Crippen LogP contribution in [0.25, 0.3) is 0 Å². The van der Waals surface area contributed by atoms with Gasteiger partial charge in [-0.3, -0.25) is 0 Å². The third-order valence-corrected chi connectivity index (χ3v) is 6.45. The Bertz CT molecular complexity index is 396. The predicted molar refractivity (Wildman–Crippen MR) is 74.8 cm³/mol. The van der Waals surface area contributed by atoms with Crippen molar-refractivity contribution in [1.82, 2.24) is 9.03 Å². The van der Waals surface area contributed by atoms with Gasteiger partial charge < -0.3 is 5.11 Å². The summed E-state index contributed by atoms with van der Waals surface area (Å²) in [4.78, 5) is 0. The van der Waals surface area contributed by atoms with Crippen LogP contribution in [0.15, 0.2) is 0 Å². The zero-order valence-electron chi connectivity index (χ0n) is 11.9. The monoisotopic (exact) mass is 290 g/mol. The molecule has 0 aromatic heterocycles. The smallest absolute Gasteiger partial charge is 0.279 e. The van der Waals surface area contributed by atoms with Crippen molar-refractivity contribution in [3.05, 3.63) is 0 Å². The second-order valence-corrected chi connectivity index (χ2v) is 8.12. The van der Waals surface area contributed by atoms with Crippen LogP contribution in [0.2, 0.25) is 0 Å². The fraction of sp³-hybridized carbons (Fsp3) is 1.00. The van der Waals surface area contributed by atoms with Crippen molar-refractivity contribution in [2.45, 2.75) is 39.5 Å². The van der Waals surface area contributed by atoms with E-state index in [0.29, 0.717) is 25.6 Å². The van der Waals surface area contributed by atoms with Crippen LogP contribution >= 0.6 is 0 Å². The number of hydrogen-bond acceptors (Lipinski definition) is 3. The fourth-order valence-corrected chi connectivity index (χ4v) is 4.12. The van der Waals surface area contributed by atoms with E-state index in [4.69, 9.17) is 5.11 Å². The van der Waals surface area contributed by atoms with Crippen LogP contribution in [0, 0.1) is 17.3 Å². The van der Waals surface area contributed by atoms with E-state index < -0.39 is 10.2 Å². The molecule has 1 saturated heterocycles. The SMILES string of the molecule is CC(C)C1(CNS(=O)(=O)N2CCC(CO)CC2)CC1. The number of aliphatic hydroxyl groups excluding tert-OH is 1. The highest BCUT2D eigenvalue weighted by molar-refractivity contribution is 7.87. The van der Waals surface area contributed by atoms with Crippen LogP contribution in [0.1, 0.15) is 39.5 Å². The number of hydrogen-bond donors (Lipinski definition) is 2. The molecule has 2 fully saturated rings. The van der Waals surface area contributed by atoms with E-state index in [-0.39, 0.29) is 17.9 Å². The lowest BCUT2D eigenvalue weighted by Gasteiger charge is -2.31. The summed E-state index contributed by atoms with van der Waals surface area (Å²) in [7, 11) is -3.34. The molecule has 0 bridgehead atoms. The summed E-state index contributed by atoms with van der Waals surface area (Å²) >= 11 is 0. The van der Waals surface area contributed by atoms with Crippen LogP contribution in [0.5, 0.6) is 0 Å². The molecule has 5 nitrogen and oxygen atoms in total. The molecule has 2 N–H and O–H groups in total. The Balaban J connectivity index is 1.86. The first-order valence-corrected chi connectivity index (χ1v) is 8.69. The number of nitrogens with one attached hydrogen (secondary N) is 1. The lowest BCUT2D eigenvalue weighted by Crippen LogP contribution is -2.47. The van der Waals surface area contributed by atoms with Crippen LogP contribution in [-0.4, -0.2) is 44.1 Å². The number of rotatable bonds is 6. The molecule has 1 heterocycles. The van der Waals surface area contributed by atoms with Crippen molar-refractivity contribution in [1.29, 1.82) is 0 Å². The first-order valence-electron chi connectivity index (χ1n) is 7.25. The van der Waals surface area contributed by atoms with E-state index in [1.807, 2.05) is 0 Å². The Hall–Kier alpha value is -0.170. The molecule has 112 valence electrons. The molecule has 2 rings (SSSR count). The number of aliphatic hydroxyl groups is 1. The van der Waals surface area contributed by atoms with Gasteiger partial charge in [0.25, 0.3) is 10.2 Å². The summed E-state index contributed by atoms with van der Waals surface area (Å²) in [6.45, 7) is 6.09. The van der Waals surface area contributed by atoms with Crippen molar-refractivity contribution in [2.24, 2.45) is 17.3 Å². The zero-order chi connectivity index (χ0) is 14.1. The van der Waals surface area contributed by atoms with Crippen molar-refractivity contribution < 1.29 is 13.5 Å². The van der Waals surface area contributed by atoms with Gasteiger partial charge in [-0.25, -0.2) is 4.72 Å². The summed E-state index contributed by atoms with van der Waals surface area (Å²) in [6.07, 6.45) is 3.76. The maximum Gasteiger partial charge on any atom is 0.279 e. The summed E-state index contributed by atoms with van der Waals surface area (Å²) in [5.74, 6) is 0.784. The Morgan fingerprint density at radius 2 is 1.89 bits per heavy atom. The third kappa shape index (κ3) is 3.48. The minimum Gasteiger partial charge on any atom is -0.396 e. The topological polar surface area (TPSA) is 69.6 Å². The summed E-state index contributed by atoms with van der Waals surface area (Å²) in [6, 6.07) is 0. The van der Waals surface area contributed by atoms with Gasteiger partial charge in [0.2, 0.25) is 0 Å². The number of nitrogens with zero attached hydrogens (tertiary/aromatic N) is 1. The van der Waals surface area contributed by atoms with E-state index >= 15 is 0 Å². The summed E-state index contributed by atoms with van der Waals surface area (Å²) < 4.78 is 28.8. The lowest BCUT2D eigenvalue weighted by atomic mass is 9.93. The minimum absolute atomic E-state index is 0.164. The van der Waals surface area contributed by atoms with Gasteiger partial charge in [0.15, 0.2) is 0 Å². The first kappa shape index (κ1) is 15.2. The Morgan fingerprint density at radius 3 is 2.32 bits per heavy atom. The molecular weight excluding hydrogens is 264 g/mol. The van der Waals surface area contributed by atoms with Gasteiger partial charge in [0.05, 0.1) is 0 Å². The van der Waals surface area contributed by atoms with E-state index in [1.54, 1.807) is 0 Å². The van der Waals surface area contributed by atoms with Crippen LogP contribution in [0.3, 0.4) is 0 Å². The van der Waals surface area contributed by atoms with E-state index in [9.17, 15) is 8.42 Å². The van der Waals surface area contributed by atoms with Gasteiger partial charge >= 0.3 is 0 Å². The molecule has 0 atom stereocenters. The molecule has 1 saturated carbocycles. The molecule has 0 spiro atoms. The van der Waals surface area contributed by atoms with Crippen LogP contribution in [-0.2, 0) is 10.2 Å². The lowest BCUT2D eigenvalue weighted by molar-refractivity contribution is 0.169. The van der Waals surface area contributed by atoms with Gasteiger partial charge in [-0.05, 0) is 42.9 Å². The standard InChI is InChI=1S/C13H26N2O3S/c1-11(2)13(5-6-13)10-14-19(17,18)15-7-3-12(9-16)4-8-15/h11-12,14,16H,3-10H2,1-2H3. The molecule has 2 aliphatic rings. The molecule has 1 aliphatic heterocycles. The normalized spacial score (nSPS) is 24.8. The van der Waals surface area contributed by atoms with Gasteiger partial charge in [-0.2, -0.15) is 12.7 Å². The molecule has 0 amide bonds. The van der Waals surface area contributed by atoms with Gasteiger partial charge in [-0.15, -0.1) is 0 Å². The van der Waals surface area contributed by atoms with Crippen molar-refractivity contribution in [2.75, 3.05) is 26.2 Å². The minimum atomic E-state index is -3.34. The number of piperidine rings is 1. The highest BCUT2D eigenvalue weighted by Gasteiger charge is 2.46. The molecule has 19 heavy (non-hydrogen) atoms. The molecule has 6 heteroatoms. The van der Waals surface area contributed by atoms with Gasteiger partial charge in [-0.1, -0.05) is 13.8 Å². The van der Waals surface area contributed by atoms with Crippen LogP contribution in [0.4, 0.5) is 0 Å². The summed E-state index contributed by atoms with van der Waals surface area (Å²) in [5, 5.41) is 9.08.